The van der Waals surface area contributed by atoms with Crippen molar-refractivity contribution in [2.24, 2.45) is 5.92 Å². The number of hydrogen-bond donors (Lipinski definition) is 5. The molecule has 0 amide bonds. The molecule has 1 aromatic carbocycles. The monoisotopic (exact) mass is 499 g/mol. The summed E-state index contributed by atoms with van der Waals surface area (Å²) >= 11 is 0. The van der Waals surface area contributed by atoms with E-state index in [0.29, 0.717) is 6.42 Å². The average Bonchev–Trinajstić information content (AvgIpc) is 2.87. The van der Waals surface area contributed by atoms with Crippen LogP contribution in [0.4, 0.5) is 0 Å². The van der Waals surface area contributed by atoms with Gasteiger partial charge in [0.05, 0.1) is 0 Å². The van der Waals surface area contributed by atoms with Gasteiger partial charge in [-0.05, 0) is 63.1 Å². The third kappa shape index (κ3) is 6.06. The first-order chi connectivity index (χ1) is 19.9. The number of ether oxygens (including phenoxy) is 2. The highest BCUT2D eigenvalue weighted by molar-refractivity contribution is 5.73. The van der Waals surface area contributed by atoms with E-state index in [1.807, 2.05) is 13.0 Å². The highest BCUT2D eigenvalue weighted by Crippen LogP contribution is 2.47. The van der Waals surface area contributed by atoms with Crippen molar-refractivity contribution in [1.82, 2.24) is 0 Å². The SMILES string of the molecule is [2H]C([2H])([2H])C([2H])([2H])C([2H])([2H])C([2H])([2H])Cc1cc(O)c([C@@H]2C=C(C)CC[C@H]2C(=C)C)c(O[C@@H]2O[C@@H](C(=O)O)[C@H](O)[C@@H](O)[C@@H]2O)c1. The summed E-state index contributed by atoms with van der Waals surface area (Å²) in [5, 5.41) is 51.8. The minimum Gasteiger partial charge on any atom is -0.507 e. The van der Waals surface area contributed by atoms with Gasteiger partial charge in [0.15, 0.2) is 6.10 Å². The second-order valence-electron chi connectivity index (χ2n) is 9.01. The lowest BCUT2D eigenvalue weighted by molar-refractivity contribution is -0.271. The van der Waals surface area contributed by atoms with Gasteiger partial charge in [0.1, 0.15) is 29.8 Å². The molecule has 35 heavy (non-hydrogen) atoms. The molecule has 1 fully saturated rings. The maximum absolute atomic E-state index is 11.7. The molecule has 0 unspecified atom stereocenters. The number of phenols is 1. The smallest absolute Gasteiger partial charge is 0.335 e. The van der Waals surface area contributed by atoms with Crippen molar-refractivity contribution in [3.63, 3.8) is 0 Å². The summed E-state index contributed by atoms with van der Waals surface area (Å²) in [5.41, 5.74) is 1.64. The van der Waals surface area contributed by atoms with E-state index in [0.717, 1.165) is 29.7 Å². The third-order valence-electron chi connectivity index (χ3n) is 6.39. The number of phenolic OH excluding ortho intramolecular Hbond substituents is 1. The third-order valence-corrected chi connectivity index (χ3v) is 6.39. The Morgan fingerprint density at radius 3 is 2.66 bits per heavy atom. The Bertz CT molecular complexity index is 1300. The first kappa shape index (κ1) is 17.1. The fourth-order valence-electron chi connectivity index (χ4n) is 4.57. The van der Waals surface area contributed by atoms with Crippen molar-refractivity contribution in [1.29, 1.82) is 0 Å². The van der Waals surface area contributed by atoms with Crippen LogP contribution in [0.1, 0.15) is 82.0 Å². The summed E-state index contributed by atoms with van der Waals surface area (Å²) in [5.74, 6) is -3.24. The van der Waals surface area contributed by atoms with Gasteiger partial charge in [0, 0.05) is 23.8 Å². The zero-order valence-corrected chi connectivity index (χ0v) is 19.6. The Morgan fingerprint density at radius 1 is 1.26 bits per heavy atom. The number of carboxylic acids is 1. The van der Waals surface area contributed by atoms with E-state index < -0.39 is 80.7 Å². The number of benzene rings is 1. The van der Waals surface area contributed by atoms with E-state index in [-0.39, 0.29) is 22.8 Å². The summed E-state index contributed by atoms with van der Waals surface area (Å²) < 4.78 is 82.3. The number of carboxylic acid groups (broad SMARTS) is 1. The number of allylic oxidation sites excluding steroid dienone is 3. The minimum absolute atomic E-state index is 0.102. The Labute approximate surface area is 219 Å². The molecule has 5 N–H and O–H groups in total. The number of aliphatic carboxylic acids is 1. The van der Waals surface area contributed by atoms with Gasteiger partial charge in [-0.3, -0.25) is 0 Å². The van der Waals surface area contributed by atoms with Crippen LogP contribution in [0.25, 0.3) is 0 Å². The molecule has 0 radical (unpaired) electrons. The zero-order chi connectivity index (χ0) is 33.7. The molecule has 8 heteroatoms. The van der Waals surface area contributed by atoms with Crippen LogP contribution in [0.2, 0.25) is 0 Å². The van der Waals surface area contributed by atoms with Gasteiger partial charge >= 0.3 is 5.97 Å². The molecular weight excluding hydrogens is 452 g/mol. The molecule has 1 aliphatic heterocycles. The van der Waals surface area contributed by atoms with Gasteiger partial charge in [-0.1, -0.05) is 43.4 Å². The van der Waals surface area contributed by atoms with Gasteiger partial charge in [-0.2, -0.15) is 0 Å². The lowest BCUT2D eigenvalue weighted by Gasteiger charge is -2.39. The molecule has 0 saturated carbocycles. The van der Waals surface area contributed by atoms with E-state index in [9.17, 15) is 30.3 Å². The fraction of sp³-hybridized carbons (Fsp3) is 0.593. The van der Waals surface area contributed by atoms with Crippen molar-refractivity contribution in [2.45, 2.75) is 95.7 Å². The first-order valence-corrected chi connectivity index (χ1v) is 11.2. The molecule has 8 nitrogen and oxygen atoms in total. The largest absolute Gasteiger partial charge is 0.507 e. The second-order valence-corrected chi connectivity index (χ2v) is 9.01. The van der Waals surface area contributed by atoms with E-state index in [2.05, 4.69) is 6.58 Å². The normalized spacial score (nSPS) is 36.4. The lowest BCUT2D eigenvalue weighted by Crippen LogP contribution is -2.61. The van der Waals surface area contributed by atoms with Crippen molar-refractivity contribution in [2.75, 3.05) is 0 Å². The van der Waals surface area contributed by atoms with Crippen LogP contribution in [0.15, 0.2) is 35.9 Å². The molecule has 7 atom stereocenters. The van der Waals surface area contributed by atoms with Crippen LogP contribution < -0.4 is 4.74 Å². The predicted octanol–water partition coefficient (Wildman–Crippen LogP) is 3.41. The first-order valence-electron chi connectivity index (χ1n) is 15.7. The molecule has 0 bridgehead atoms. The Hall–Kier alpha value is -2.39. The standard InChI is InChI=1S/C27H38O8/c1-5-6-7-8-16-12-19(28)21(18-11-15(4)9-10-17(18)14(2)3)20(13-16)34-27-24(31)22(29)23(30)25(35-27)26(32)33/h11-13,17-18,22-25,27-31H,2,5-10H2,1,3-4H3,(H,32,33)/t17-,18+,22+,23+,24-,25+,27+/m0/s1/i1D3,5D2,6D2,7D2. The summed E-state index contributed by atoms with van der Waals surface area (Å²) in [6.07, 6.45) is -18.0. The summed E-state index contributed by atoms with van der Waals surface area (Å²) in [6.45, 7) is 4.17. The quantitative estimate of drug-likeness (QED) is 0.326. The number of aryl methyl sites for hydroxylation is 1. The second kappa shape index (κ2) is 11.6. The van der Waals surface area contributed by atoms with Crippen molar-refractivity contribution >= 4 is 5.97 Å². The van der Waals surface area contributed by atoms with Crippen LogP contribution in [0, 0.1) is 5.92 Å². The Balaban J connectivity index is 2.17. The molecular formula is C27H38O8. The van der Waals surface area contributed by atoms with Crippen LogP contribution in [0.3, 0.4) is 0 Å². The van der Waals surface area contributed by atoms with Crippen molar-refractivity contribution in [3.05, 3.63) is 47.1 Å². The molecule has 194 valence electrons. The van der Waals surface area contributed by atoms with Crippen molar-refractivity contribution in [3.8, 4) is 11.5 Å². The zero-order valence-electron chi connectivity index (χ0n) is 28.6. The van der Waals surface area contributed by atoms with Gasteiger partial charge < -0.3 is 35.0 Å². The molecule has 0 spiro atoms. The number of rotatable bonds is 9. The summed E-state index contributed by atoms with van der Waals surface area (Å²) in [4.78, 5) is 11.7. The summed E-state index contributed by atoms with van der Waals surface area (Å²) in [7, 11) is 0. The van der Waals surface area contributed by atoms with Gasteiger partial charge in [0.25, 0.3) is 0 Å². The molecule has 1 aliphatic carbocycles. The number of aromatic hydroxyl groups is 1. The molecule has 0 aromatic heterocycles. The van der Waals surface area contributed by atoms with Crippen LogP contribution in [-0.2, 0) is 16.0 Å². The molecule has 1 aromatic rings. The van der Waals surface area contributed by atoms with Gasteiger partial charge in [-0.15, -0.1) is 0 Å². The Kier molecular flexibility index (Phi) is 5.66. The Morgan fingerprint density at radius 2 is 2.00 bits per heavy atom. The number of aliphatic hydroxyl groups excluding tert-OH is 3. The average molecular weight is 500 g/mol. The van der Waals surface area contributed by atoms with E-state index >= 15 is 0 Å². The number of carbonyl (C=O) groups is 1. The molecule has 2 aliphatic rings. The highest BCUT2D eigenvalue weighted by atomic mass is 16.7. The minimum atomic E-state index is -3.62. The lowest BCUT2D eigenvalue weighted by atomic mass is 9.73. The highest BCUT2D eigenvalue weighted by Gasteiger charge is 2.48. The number of hydrogen-bond acceptors (Lipinski definition) is 7. The van der Waals surface area contributed by atoms with E-state index in [4.69, 9.17) is 21.8 Å². The topological polar surface area (TPSA) is 137 Å². The van der Waals surface area contributed by atoms with Crippen LogP contribution in [-0.4, -0.2) is 62.2 Å². The molecule has 1 heterocycles. The predicted molar refractivity (Wildman–Crippen MR) is 130 cm³/mol. The van der Waals surface area contributed by atoms with Crippen LogP contribution >= 0.6 is 0 Å². The fourth-order valence-corrected chi connectivity index (χ4v) is 4.57. The molecule has 3 rings (SSSR count). The summed E-state index contributed by atoms with van der Waals surface area (Å²) in [6, 6.07) is 2.26. The van der Waals surface area contributed by atoms with Crippen LogP contribution in [0.5, 0.6) is 11.5 Å². The van der Waals surface area contributed by atoms with Crippen molar-refractivity contribution < 1.29 is 52.1 Å². The van der Waals surface area contributed by atoms with E-state index in [1.54, 1.807) is 6.92 Å². The van der Waals surface area contributed by atoms with Gasteiger partial charge in [0.2, 0.25) is 6.29 Å². The van der Waals surface area contributed by atoms with E-state index in [1.165, 1.54) is 0 Å². The maximum atomic E-state index is 11.7. The maximum Gasteiger partial charge on any atom is 0.335 e. The van der Waals surface area contributed by atoms with Gasteiger partial charge in [-0.25, -0.2) is 4.79 Å². The molecule has 1 saturated heterocycles. The number of aliphatic hydroxyl groups is 3.